The van der Waals surface area contributed by atoms with Crippen LogP contribution >= 0.6 is 0 Å². The molecule has 0 radical (unpaired) electrons. The van der Waals surface area contributed by atoms with Crippen LogP contribution in [0.3, 0.4) is 0 Å². The van der Waals surface area contributed by atoms with Gasteiger partial charge in [-0.15, -0.1) is 0 Å². The van der Waals surface area contributed by atoms with Gasteiger partial charge in [0.1, 0.15) is 0 Å². The van der Waals surface area contributed by atoms with Crippen molar-refractivity contribution in [3.8, 4) is 11.8 Å². The molecular weight excluding hydrogens is 184 g/mol. The summed E-state index contributed by atoms with van der Waals surface area (Å²) in [5, 5.41) is 2.27. The SMILES string of the molecule is NCCC#Cc1cccc2ccncc12. The van der Waals surface area contributed by atoms with Crippen LogP contribution in [0.25, 0.3) is 10.8 Å². The van der Waals surface area contributed by atoms with Crippen LogP contribution in [0, 0.1) is 11.8 Å². The van der Waals surface area contributed by atoms with Gasteiger partial charge in [0.2, 0.25) is 0 Å². The molecule has 15 heavy (non-hydrogen) atoms. The average Bonchev–Trinajstić information content (AvgIpc) is 2.30. The Morgan fingerprint density at radius 3 is 3.07 bits per heavy atom. The monoisotopic (exact) mass is 196 g/mol. The largest absolute Gasteiger partial charge is 0.330 e. The quantitative estimate of drug-likeness (QED) is 0.708. The van der Waals surface area contributed by atoms with Crippen molar-refractivity contribution in [2.24, 2.45) is 5.73 Å². The Morgan fingerprint density at radius 1 is 1.27 bits per heavy atom. The van der Waals surface area contributed by atoms with Gasteiger partial charge in [-0.2, -0.15) is 0 Å². The summed E-state index contributed by atoms with van der Waals surface area (Å²) in [4.78, 5) is 4.11. The lowest BCUT2D eigenvalue weighted by atomic mass is 10.1. The minimum atomic E-state index is 0.607. The molecule has 0 aliphatic carbocycles. The van der Waals surface area contributed by atoms with Crippen LogP contribution in [0.15, 0.2) is 36.7 Å². The summed E-state index contributed by atoms with van der Waals surface area (Å²) in [6.07, 6.45) is 4.37. The van der Waals surface area contributed by atoms with Crippen molar-refractivity contribution in [2.75, 3.05) is 6.54 Å². The summed E-state index contributed by atoms with van der Waals surface area (Å²) >= 11 is 0. The molecule has 0 unspecified atom stereocenters. The number of hydrogen-bond donors (Lipinski definition) is 1. The molecule has 1 aromatic heterocycles. The number of pyridine rings is 1. The lowest BCUT2D eigenvalue weighted by Crippen LogP contribution is -1.95. The molecule has 0 aliphatic heterocycles. The molecule has 2 N–H and O–H groups in total. The first kappa shape index (κ1) is 9.70. The molecule has 0 spiro atoms. The third-order valence-electron chi connectivity index (χ3n) is 2.18. The van der Waals surface area contributed by atoms with Crippen molar-refractivity contribution >= 4 is 10.8 Å². The number of rotatable bonds is 1. The van der Waals surface area contributed by atoms with E-state index in [-0.39, 0.29) is 0 Å². The van der Waals surface area contributed by atoms with Crippen molar-refractivity contribution in [2.45, 2.75) is 6.42 Å². The second kappa shape index (κ2) is 4.59. The molecule has 0 saturated heterocycles. The van der Waals surface area contributed by atoms with E-state index in [1.54, 1.807) is 6.20 Å². The number of nitrogens with zero attached hydrogens (tertiary/aromatic N) is 1. The number of benzene rings is 1. The third kappa shape index (κ3) is 2.15. The molecule has 0 atom stereocenters. The maximum atomic E-state index is 5.39. The van der Waals surface area contributed by atoms with Gasteiger partial charge in [0.25, 0.3) is 0 Å². The Balaban J connectivity index is 2.48. The zero-order valence-electron chi connectivity index (χ0n) is 8.40. The molecule has 0 saturated carbocycles. The minimum Gasteiger partial charge on any atom is -0.330 e. The van der Waals surface area contributed by atoms with Crippen LogP contribution in [0.5, 0.6) is 0 Å². The summed E-state index contributed by atoms with van der Waals surface area (Å²) in [6.45, 7) is 0.607. The van der Waals surface area contributed by atoms with E-state index < -0.39 is 0 Å². The van der Waals surface area contributed by atoms with Crippen molar-refractivity contribution < 1.29 is 0 Å². The first-order chi connectivity index (χ1) is 7.42. The summed E-state index contributed by atoms with van der Waals surface area (Å²) in [5.74, 6) is 6.16. The summed E-state index contributed by atoms with van der Waals surface area (Å²) in [5.41, 5.74) is 6.41. The summed E-state index contributed by atoms with van der Waals surface area (Å²) < 4.78 is 0. The van der Waals surface area contributed by atoms with Crippen molar-refractivity contribution in [3.05, 3.63) is 42.2 Å². The zero-order valence-corrected chi connectivity index (χ0v) is 8.40. The average molecular weight is 196 g/mol. The van der Waals surface area contributed by atoms with Gasteiger partial charge < -0.3 is 5.73 Å². The highest BCUT2D eigenvalue weighted by Gasteiger charge is 1.96. The van der Waals surface area contributed by atoms with Crippen LogP contribution in [-0.4, -0.2) is 11.5 Å². The Bertz CT molecular complexity index is 515. The highest BCUT2D eigenvalue weighted by molar-refractivity contribution is 5.87. The first-order valence-corrected chi connectivity index (χ1v) is 4.93. The van der Waals surface area contributed by atoms with Crippen molar-refractivity contribution in [1.82, 2.24) is 4.98 Å². The Morgan fingerprint density at radius 2 is 2.20 bits per heavy atom. The van der Waals surface area contributed by atoms with Gasteiger partial charge in [-0.1, -0.05) is 24.0 Å². The highest BCUT2D eigenvalue weighted by atomic mass is 14.6. The van der Waals surface area contributed by atoms with Gasteiger partial charge in [-0.25, -0.2) is 0 Å². The smallest absolute Gasteiger partial charge is 0.0358 e. The predicted molar refractivity (Wildman–Crippen MR) is 62.3 cm³/mol. The maximum absolute atomic E-state index is 5.39. The molecule has 2 rings (SSSR count). The second-order valence-electron chi connectivity index (χ2n) is 3.24. The molecule has 0 amide bonds. The molecule has 0 fully saturated rings. The molecule has 2 nitrogen and oxygen atoms in total. The van der Waals surface area contributed by atoms with Gasteiger partial charge in [0, 0.05) is 36.3 Å². The van der Waals surface area contributed by atoms with E-state index in [9.17, 15) is 0 Å². The van der Waals surface area contributed by atoms with Crippen LogP contribution in [0.2, 0.25) is 0 Å². The second-order valence-corrected chi connectivity index (χ2v) is 3.24. The fraction of sp³-hybridized carbons (Fsp3) is 0.154. The first-order valence-electron chi connectivity index (χ1n) is 4.93. The fourth-order valence-electron chi connectivity index (χ4n) is 1.45. The molecule has 74 valence electrons. The Labute approximate surface area is 89.1 Å². The molecular formula is C13H12N2. The number of nitrogens with two attached hydrogens (primary N) is 1. The molecule has 0 aliphatic rings. The van der Waals surface area contributed by atoms with Crippen molar-refractivity contribution in [3.63, 3.8) is 0 Å². The Kier molecular flexibility index (Phi) is 2.96. The maximum Gasteiger partial charge on any atom is 0.0358 e. The van der Waals surface area contributed by atoms with E-state index >= 15 is 0 Å². The molecule has 2 aromatic rings. The topological polar surface area (TPSA) is 38.9 Å². The lowest BCUT2D eigenvalue weighted by molar-refractivity contribution is 1.03. The Hall–Kier alpha value is -1.85. The number of aromatic nitrogens is 1. The third-order valence-corrected chi connectivity index (χ3v) is 2.18. The van der Waals surface area contributed by atoms with Crippen molar-refractivity contribution in [1.29, 1.82) is 0 Å². The predicted octanol–water partition coefficient (Wildman–Crippen LogP) is 1.94. The summed E-state index contributed by atoms with van der Waals surface area (Å²) in [7, 11) is 0. The van der Waals surface area contributed by atoms with E-state index in [0.717, 1.165) is 17.4 Å². The van der Waals surface area contributed by atoms with Gasteiger partial charge >= 0.3 is 0 Å². The van der Waals surface area contributed by atoms with Gasteiger partial charge in [-0.3, -0.25) is 4.98 Å². The van der Waals surface area contributed by atoms with E-state index in [4.69, 9.17) is 5.73 Å². The van der Waals surface area contributed by atoms with Gasteiger partial charge in [0.15, 0.2) is 0 Å². The van der Waals surface area contributed by atoms with Crippen LogP contribution in [0.4, 0.5) is 0 Å². The summed E-state index contributed by atoms with van der Waals surface area (Å²) in [6, 6.07) is 8.07. The number of hydrogen-bond acceptors (Lipinski definition) is 2. The molecule has 1 heterocycles. The van der Waals surface area contributed by atoms with Crippen LogP contribution in [-0.2, 0) is 0 Å². The molecule has 0 bridgehead atoms. The van der Waals surface area contributed by atoms with Crippen LogP contribution < -0.4 is 5.73 Å². The fourth-order valence-corrected chi connectivity index (χ4v) is 1.45. The van der Waals surface area contributed by atoms with E-state index in [2.05, 4.69) is 22.9 Å². The lowest BCUT2D eigenvalue weighted by Gasteiger charge is -1.98. The van der Waals surface area contributed by atoms with E-state index in [1.807, 2.05) is 24.4 Å². The van der Waals surface area contributed by atoms with Gasteiger partial charge in [-0.05, 0) is 17.5 Å². The highest BCUT2D eigenvalue weighted by Crippen LogP contribution is 2.15. The number of fused-ring (bicyclic) bond motifs is 1. The normalized spacial score (nSPS) is 9.67. The molecule has 2 heteroatoms. The van der Waals surface area contributed by atoms with E-state index in [1.165, 1.54) is 5.39 Å². The van der Waals surface area contributed by atoms with E-state index in [0.29, 0.717) is 6.54 Å². The van der Waals surface area contributed by atoms with Gasteiger partial charge in [0.05, 0.1) is 0 Å². The van der Waals surface area contributed by atoms with Crippen LogP contribution in [0.1, 0.15) is 12.0 Å². The standard InChI is InChI=1S/C13H12N2/c14-8-2-1-4-11-5-3-6-12-7-9-15-10-13(11)12/h3,5-7,9-10H,2,8,14H2. The minimum absolute atomic E-state index is 0.607. The zero-order chi connectivity index (χ0) is 10.5. The molecule has 1 aromatic carbocycles.